The van der Waals surface area contributed by atoms with Gasteiger partial charge < -0.3 is 19.3 Å². The van der Waals surface area contributed by atoms with Gasteiger partial charge in [-0.1, -0.05) is 8.93 Å². The van der Waals surface area contributed by atoms with E-state index in [4.69, 9.17) is 14.2 Å². The second-order valence-electron chi connectivity index (χ2n) is 4.61. The molecule has 22 heavy (non-hydrogen) atoms. The monoisotopic (exact) mass is 440 g/mol. The summed E-state index contributed by atoms with van der Waals surface area (Å²) in [6.45, 7) is 5.03. The number of carbonyl (C=O) groups is 1. The van der Waals surface area contributed by atoms with Crippen LogP contribution in [0.4, 0.5) is 0 Å². The van der Waals surface area contributed by atoms with Gasteiger partial charge in [0.05, 0.1) is 13.7 Å². The van der Waals surface area contributed by atoms with Gasteiger partial charge in [-0.3, -0.25) is 4.79 Å². The molecular weight excluding hydrogens is 419 g/mol. The second-order valence-corrected chi connectivity index (χ2v) is 7.11. The van der Waals surface area contributed by atoms with Crippen LogP contribution in [-0.2, 0) is 22.6 Å². The maximum atomic E-state index is 10.5. The highest BCUT2D eigenvalue weighted by Crippen LogP contribution is 2.39. The van der Waals surface area contributed by atoms with Crippen molar-refractivity contribution in [2.45, 2.75) is 26.9 Å². The van der Waals surface area contributed by atoms with Crippen LogP contribution in [0.2, 0.25) is 0 Å². The Hall–Kier alpha value is -0.670. The van der Waals surface area contributed by atoms with Crippen molar-refractivity contribution < 1.29 is 24.1 Å². The topological polar surface area (TPSA) is 65.0 Å². The van der Waals surface area contributed by atoms with Crippen LogP contribution in [-0.4, -0.2) is 37.7 Å². The standard InChI is InChI=1S/C15H21IO5S/c1-10-13(8-20-9-18)11(2)15(21-6-7-22-16)12(4-5-17)14(10)19-3/h9,17H,4-8H2,1-3H3. The predicted molar refractivity (Wildman–Crippen MR) is 96.1 cm³/mol. The Bertz CT molecular complexity index is 507. The molecule has 0 spiro atoms. The first-order chi connectivity index (χ1) is 10.6. The Morgan fingerprint density at radius 1 is 1.23 bits per heavy atom. The van der Waals surface area contributed by atoms with Crippen LogP contribution in [0.1, 0.15) is 22.3 Å². The first kappa shape index (κ1) is 19.4. The molecule has 5 nitrogen and oxygen atoms in total. The molecule has 0 fully saturated rings. The number of ether oxygens (including phenoxy) is 3. The third-order valence-corrected chi connectivity index (χ3v) is 5.05. The molecule has 0 aliphatic heterocycles. The Kier molecular flexibility index (Phi) is 8.96. The number of halogens is 1. The molecule has 7 heteroatoms. The third kappa shape index (κ3) is 4.66. The van der Waals surface area contributed by atoms with E-state index in [9.17, 15) is 9.90 Å². The average Bonchev–Trinajstić information content (AvgIpc) is 2.51. The summed E-state index contributed by atoms with van der Waals surface area (Å²) in [5.41, 5.74) is 3.55. The lowest BCUT2D eigenvalue weighted by Gasteiger charge is -2.22. The molecule has 0 radical (unpaired) electrons. The van der Waals surface area contributed by atoms with Crippen molar-refractivity contribution in [3.63, 3.8) is 0 Å². The first-order valence-corrected chi connectivity index (χ1v) is 10.4. The fourth-order valence-corrected chi connectivity index (χ4v) is 3.12. The Labute approximate surface area is 147 Å². The van der Waals surface area contributed by atoms with Crippen LogP contribution < -0.4 is 9.47 Å². The number of hydrogen-bond acceptors (Lipinski definition) is 6. The molecule has 0 aliphatic rings. The van der Waals surface area contributed by atoms with Crippen LogP contribution in [0.5, 0.6) is 11.5 Å². The van der Waals surface area contributed by atoms with Crippen LogP contribution in [0, 0.1) is 13.8 Å². The summed E-state index contributed by atoms with van der Waals surface area (Å²) < 4.78 is 16.3. The lowest BCUT2D eigenvalue weighted by molar-refractivity contribution is -0.129. The molecule has 0 atom stereocenters. The van der Waals surface area contributed by atoms with Gasteiger partial charge in [-0.15, -0.1) is 0 Å². The van der Waals surface area contributed by atoms with Gasteiger partial charge in [0.2, 0.25) is 0 Å². The minimum atomic E-state index is 0.0107. The van der Waals surface area contributed by atoms with Gasteiger partial charge in [-0.25, -0.2) is 0 Å². The molecule has 0 aliphatic carbocycles. The Morgan fingerprint density at radius 2 is 1.91 bits per heavy atom. The first-order valence-electron chi connectivity index (χ1n) is 6.83. The van der Waals surface area contributed by atoms with E-state index in [1.54, 1.807) is 16.0 Å². The fourth-order valence-electron chi connectivity index (χ4n) is 2.43. The Balaban J connectivity index is 3.36. The third-order valence-electron chi connectivity index (χ3n) is 3.40. The zero-order valence-electron chi connectivity index (χ0n) is 13.0. The normalized spacial score (nSPS) is 10.4. The van der Waals surface area contributed by atoms with Crippen molar-refractivity contribution in [3.8, 4) is 11.5 Å². The quantitative estimate of drug-likeness (QED) is 0.343. The van der Waals surface area contributed by atoms with Gasteiger partial charge >= 0.3 is 0 Å². The lowest BCUT2D eigenvalue weighted by atomic mass is 9.95. The molecule has 0 saturated carbocycles. The molecule has 1 N–H and O–H groups in total. The van der Waals surface area contributed by atoms with Crippen molar-refractivity contribution >= 4 is 36.6 Å². The van der Waals surface area contributed by atoms with Crippen LogP contribution in [0.15, 0.2) is 0 Å². The van der Waals surface area contributed by atoms with E-state index in [1.165, 1.54) is 0 Å². The lowest BCUT2D eigenvalue weighted by Crippen LogP contribution is -2.11. The summed E-state index contributed by atoms with van der Waals surface area (Å²) in [5.74, 6) is 2.25. The highest BCUT2D eigenvalue weighted by molar-refractivity contribution is 14.2. The molecule has 0 aromatic heterocycles. The maximum Gasteiger partial charge on any atom is 0.293 e. The van der Waals surface area contributed by atoms with E-state index in [1.807, 2.05) is 13.8 Å². The van der Waals surface area contributed by atoms with E-state index in [-0.39, 0.29) is 13.2 Å². The van der Waals surface area contributed by atoms with Gasteiger partial charge in [0.15, 0.2) is 0 Å². The summed E-state index contributed by atoms with van der Waals surface area (Å²) >= 11 is 2.22. The van der Waals surface area contributed by atoms with Crippen LogP contribution in [0.3, 0.4) is 0 Å². The molecule has 1 aromatic carbocycles. The number of hydrogen-bond donors (Lipinski definition) is 1. The van der Waals surface area contributed by atoms with Gasteiger partial charge in [0.25, 0.3) is 6.47 Å². The molecule has 124 valence electrons. The number of benzene rings is 1. The van der Waals surface area contributed by atoms with E-state index >= 15 is 0 Å². The SMILES string of the molecule is COc1c(C)c(COC=O)c(C)c(OCCSI)c1CCO. The molecular formula is C15H21IO5S. The van der Waals surface area contributed by atoms with Crippen LogP contribution >= 0.6 is 30.1 Å². The minimum absolute atomic E-state index is 0.0107. The summed E-state index contributed by atoms with van der Waals surface area (Å²) in [6.07, 6.45) is 0.451. The minimum Gasteiger partial charge on any atom is -0.496 e. The van der Waals surface area contributed by atoms with Crippen molar-refractivity contribution in [2.75, 3.05) is 26.1 Å². The summed E-state index contributed by atoms with van der Waals surface area (Å²) in [7, 11) is 3.26. The molecule has 0 bridgehead atoms. The number of aliphatic hydroxyl groups is 1. The number of rotatable bonds is 10. The fraction of sp³-hybridized carbons (Fsp3) is 0.533. The highest BCUT2D eigenvalue weighted by atomic mass is 127. The highest BCUT2D eigenvalue weighted by Gasteiger charge is 2.21. The number of carbonyl (C=O) groups excluding carboxylic acids is 1. The Morgan fingerprint density at radius 3 is 2.45 bits per heavy atom. The zero-order valence-corrected chi connectivity index (χ0v) is 16.0. The van der Waals surface area contributed by atoms with Gasteiger partial charge in [-0.2, -0.15) is 0 Å². The number of aliphatic hydroxyl groups excluding tert-OH is 1. The summed E-state index contributed by atoms with van der Waals surface area (Å²) in [6, 6.07) is 0. The molecule has 0 saturated heterocycles. The van der Waals surface area contributed by atoms with E-state index in [2.05, 4.69) is 21.2 Å². The zero-order chi connectivity index (χ0) is 16.5. The largest absolute Gasteiger partial charge is 0.496 e. The van der Waals surface area contributed by atoms with E-state index in [0.29, 0.717) is 31.0 Å². The molecule has 0 unspecified atom stereocenters. The van der Waals surface area contributed by atoms with Crippen molar-refractivity contribution in [3.05, 3.63) is 22.3 Å². The molecule has 1 aromatic rings. The number of methoxy groups -OCH3 is 1. The summed E-state index contributed by atoms with van der Waals surface area (Å²) in [4.78, 5) is 10.5. The summed E-state index contributed by atoms with van der Waals surface area (Å²) in [5, 5.41) is 9.34. The molecule has 0 amide bonds. The molecule has 1 rings (SSSR count). The van der Waals surface area contributed by atoms with Gasteiger partial charge in [0.1, 0.15) is 18.1 Å². The average molecular weight is 440 g/mol. The predicted octanol–water partition coefficient (Wildman–Crippen LogP) is 2.98. The van der Waals surface area contributed by atoms with Gasteiger partial charge in [0, 0.05) is 29.9 Å². The smallest absolute Gasteiger partial charge is 0.293 e. The van der Waals surface area contributed by atoms with E-state index in [0.717, 1.165) is 28.0 Å². The van der Waals surface area contributed by atoms with Crippen LogP contribution in [0.25, 0.3) is 0 Å². The maximum absolute atomic E-state index is 10.5. The van der Waals surface area contributed by atoms with Crippen molar-refractivity contribution in [1.29, 1.82) is 0 Å². The second kappa shape index (κ2) is 10.2. The molecule has 0 heterocycles. The van der Waals surface area contributed by atoms with Crippen molar-refractivity contribution in [2.24, 2.45) is 0 Å². The van der Waals surface area contributed by atoms with Gasteiger partial charge in [-0.05, 0) is 46.2 Å². The van der Waals surface area contributed by atoms with E-state index < -0.39 is 0 Å². The van der Waals surface area contributed by atoms with Crippen molar-refractivity contribution in [1.82, 2.24) is 0 Å².